The average Bonchev–Trinajstić information content (AvgIpc) is 3.27. The molecule has 1 aliphatic carbocycles. The summed E-state index contributed by atoms with van der Waals surface area (Å²) in [5.74, 6) is -2.62. The standard InChI is InChI=1S/C25H41NO12/c1-15(27)26-21-19(33-13-30-4)18(36-16(2)28)20(23(29)32-6)38-24(21,3)22(34-14-31-5)17-12-35-25(37-17)10-8-7-9-11-25/h17-22H,7-14H2,1-6H3,(H,26,27)/t17-,18+,19+,20+,21-,22-,24-/m1/s1. The Morgan fingerprint density at radius 3 is 2.24 bits per heavy atom. The fourth-order valence-electron chi connectivity index (χ4n) is 5.61. The summed E-state index contributed by atoms with van der Waals surface area (Å²) in [5, 5.41) is 2.86. The van der Waals surface area contributed by atoms with Crippen LogP contribution in [0.5, 0.6) is 0 Å². The van der Waals surface area contributed by atoms with Crippen molar-refractivity contribution in [2.24, 2.45) is 0 Å². The van der Waals surface area contributed by atoms with Gasteiger partial charge in [0.15, 0.2) is 18.0 Å². The van der Waals surface area contributed by atoms with Crippen molar-refractivity contribution < 1.29 is 57.0 Å². The molecule has 0 aromatic carbocycles. The number of ether oxygens (including phenoxy) is 9. The Labute approximate surface area is 223 Å². The zero-order chi connectivity index (χ0) is 27.9. The number of hydrogen-bond donors (Lipinski definition) is 1. The molecule has 38 heavy (non-hydrogen) atoms. The van der Waals surface area contributed by atoms with E-state index in [1.54, 1.807) is 6.92 Å². The van der Waals surface area contributed by atoms with Gasteiger partial charge in [-0.05, 0) is 19.8 Å². The maximum Gasteiger partial charge on any atom is 0.339 e. The van der Waals surface area contributed by atoms with Gasteiger partial charge < -0.3 is 47.9 Å². The van der Waals surface area contributed by atoms with Crippen molar-refractivity contribution in [3.05, 3.63) is 0 Å². The summed E-state index contributed by atoms with van der Waals surface area (Å²) in [6, 6.07) is -0.992. The number of carbonyl (C=O) groups excluding carboxylic acids is 3. The van der Waals surface area contributed by atoms with Crippen LogP contribution >= 0.6 is 0 Å². The van der Waals surface area contributed by atoms with Crippen molar-refractivity contribution >= 4 is 17.8 Å². The first-order valence-corrected chi connectivity index (χ1v) is 12.8. The molecule has 3 fully saturated rings. The normalized spacial score (nSPS) is 33.5. The molecule has 13 nitrogen and oxygen atoms in total. The van der Waals surface area contributed by atoms with Crippen molar-refractivity contribution in [2.75, 3.05) is 41.5 Å². The van der Waals surface area contributed by atoms with E-state index in [2.05, 4.69) is 5.32 Å². The summed E-state index contributed by atoms with van der Waals surface area (Å²) in [7, 11) is 4.08. The highest BCUT2D eigenvalue weighted by molar-refractivity contribution is 5.77. The van der Waals surface area contributed by atoms with E-state index < -0.39 is 65.8 Å². The number of rotatable bonds is 11. The first-order valence-electron chi connectivity index (χ1n) is 12.8. The number of hydrogen-bond acceptors (Lipinski definition) is 12. The van der Waals surface area contributed by atoms with Crippen LogP contribution in [-0.2, 0) is 57.0 Å². The van der Waals surface area contributed by atoms with E-state index >= 15 is 0 Å². The zero-order valence-electron chi connectivity index (χ0n) is 23.0. The van der Waals surface area contributed by atoms with Crippen LogP contribution in [0.15, 0.2) is 0 Å². The van der Waals surface area contributed by atoms with E-state index in [0.29, 0.717) is 0 Å². The molecule has 0 unspecified atom stereocenters. The molecule has 0 bridgehead atoms. The molecule has 1 saturated carbocycles. The maximum atomic E-state index is 13.0. The molecule has 2 heterocycles. The summed E-state index contributed by atoms with van der Waals surface area (Å²) in [4.78, 5) is 37.5. The van der Waals surface area contributed by atoms with Crippen molar-refractivity contribution in [1.82, 2.24) is 5.32 Å². The average molecular weight is 548 g/mol. The molecule has 3 aliphatic rings. The second-order valence-corrected chi connectivity index (χ2v) is 9.97. The third-order valence-electron chi connectivity index (χ3n) is 7.18. The second-order valence-electron chi connectivity index (χ2n) is 9.97. The number of esters is 2. The van der Waals surface area contributed by atoms with Gasteiger partial charge >= 0.3 is 11.9 Å². The van der Waals surface area contributed by atoms with Crippen LogP contribution in [0.4, 0.5) is 0 Å². The first-order chi connectivity index (χ1) is 18.1. The predicted molar refractivity (Wildman–Crippen MR) is 129 cm³/mol. The fourth-order valence-corrected chi connectivity index (χ4v) is 5.61. The van der Waals surface area contributed by atoms with Gasteiger partial charge in [0.1, 0.15) is 37.5 Å². The third-order valence-corrected chi connectivity index (χ3v) is 7.18. The van der Waals surface area contributed by atoms with Gasteiger partial charge in [-0.25, -0.2) is 4.79 Å². The molecule has 0 aromatic rings. The smallest absolute Gasteiger partial charge is 0.339 e. The van der Waals surface area contributed by atoms with Gasteiger partial charge in [0, 0.05) is 40.9 Å². The molecule has 3 rings (SSSR count). The lowest BCUT2D eigenvalue weighted by Crippen LogP contribution is -2.75. The van der Waals surface area contributed by atoms with Gasteiger partial charge in [0.2, 0.25) is 5.91 Å². The minimum absolute atomic E-state index is 0.136. The highest BCUT2D eigenvalue weighted by atomic mass is 16.8. The van der Waals surface area contributed by atoms with Gasteiger partial charge in [-0.15, -0.1) is 0 Å². The van der Waals surface area contributed by atoms with Gasteiger partial charge in [0.25, 0.3) is 0 Å². The Balaban J connectivity index is 2.07. The molecule has 2 aliphatic heterocycles. The topological polar surface area (TPSA) is 146 Å². The van der Waals surface area contributed by atoms with E-state index in [-0.39, 0.29) is 20.2 Å². The monoisotopic (exact) mass is 547 g/mol. The lowest BCUT2D eigenvalue weighted by molar-refractivity contribution is -0.299. The summed E-state index contributed by atoms with van der Waals surface area (Å²) in [6.45, 7) is 4.03. The van der Waals surface area contributed by atoms with Crippen molar-refractivity contribution in [2.45, 2.75) is 101 Å². The Hall–Kier alpha value is -1.87. The molecule has 2 saturated heterocycles. The summed E-state index contributed by atoms with van der Waals surface area (Å²) >= 11 is 0. The van der Waals surface area contributed by atoms with E-state index in [1.807, 2.05) is 0 Å². The van der Waals surface area contributed by atoms with Crippen LogP contribution in [0, 0.1) is 0 Å². The van der Waals surface area contributed by atoms with E-state index in [1.165, 1.54) is 35.2 Å². The van der Waals surface area contributed by atoms with Gasteiger partial charge in [0.05, 0.1) is 19.8 Å². The van der Waals surface area contributed by atoms with Crippen molar-refractivity contribution in [3.63, 3.8) is 0 Å². The van der Waals surface area contributed by atoms with Crippen LogP contribution in [0.2, 0.25) is 0 Å². The molecule has 0 radical (unpaired) electrons. The highest BCUT2D eigenvalue weighted by Gasteiger charge is 2.63. The second kappa shape index (κ2) is 13.5. The molecule has 13 heteroatoms. The number of carbonyl (C=O) groups is 3. The molecule has 218 valence electrons. The fraction of sp³-hybridized carbons (Fsp3) is 0.880. The Kier molecular flexibility index (Phi) is 10.9. The Morgan fingerprint density at radius 2 is 1.66 bits per heavy atom. The lowest BCUT2D eigenvalue weighted by atomic mass is 9.78. The molecule has 0 aromatic heterocycles. The van der Waals surface area contributed by atoms with Crippen LogP contribution in [0.1, 0.15) is 52.9 Å². The predicted octanol–water partition coefficient (Wildman–Crippen LogP) is 0.807. The highest BCUT2D eigenvalue weighted by Crippen LogP contribution is 2.44. The van der Waals surface area contributed by atoms with Gasteiger partial charge in [-0.1, -0.05) is 6.42 Å². The SMILES string of the molecule is COCO[C@H]1[C@H](OC(C)=O)[C@@H](C(=O)OC)O[C@@](C)([C@H](OCOC)[C@H]2COC3(CCCCC3)O2)[C@@H]1NC(C)=O. The molecule has 1 N–H and O–H groups in total. The molecular weight excluding hydrogens is 506 g/mol. The molecule has 1 spiro atoms. The van der Waals surface area contributed by atoms with Crippen molar-refractivity contribution in [1.29, 1.82) is 0 Å². The summed E-state index contributed by atoms with van der Waals surface area (Å²) < 4.78 is 52.0. The Bertz CT molecular complexity index is 818. The van der Waals surface area contributed by atoms with Crippen LogP contribution in [0.3, 0.4) is 0 Å². The van der Waals surface area contributed by atoms with Crippen LogP contribution in [0.25, 0.3) is 0 Å². The number of methoxy groups -OCH3 is 3. The van der Waals surface area contributed by atoms with Gasteiger partial charge in [-0.2, -0.15) is 0 Å². The van der Waals surface area contributed by atoms with E-state index in [0.717, 1.165) is 32.1 Å². The van der Waals surface area contributed by atoms with Gasteiger partial charge in [-0.3, -0.25) is 9.59 Å². The Morgan fingerprint density at radius 1 is 0.974 bits per heavy atom. The van der Waals surface area contributed by atoms with Crippen molar-refractivity contribution in [3.8, 4) is 0 Å². The maximum absolute atomic E-state index is 13.0. The number of amides is 1. The number of nitrogens with one attached hydrogen (secondary N) is 1. The molecule has 1 amide bonds. The minimum Gasteiger partial charge on any atom is -0.467 e. The quantitative estimate of drug-likeness (QED) is 0.288. The molecule has 7 atom stereocenters. The zero-order valence-corrected chi connectivity index (χ0v) is 23.0. The van der Waals surface area contributed by atoms with Crippen LogP contribution in [-0.4, -0.2) is 107 Å². The third kappa shape index (κ3) is 6.82. The van der Waals surface area contributed by atoms with Crippen LogP contribution < -0.4 is 5.32 Å². The lowest BCUT2D eigenvalue weighted by Gasteiger charge is -2.53. The van der Waals surface area contributed by atoms with E-state index in [4.69, 9.17) is 42.6 Å². The summed E-state index contributed by atoms with van der Waals surface area (Å²) in [5.41, 5.74) is -1.48. The summed E-state index contributed by atoms with van der Waals surface area (Å²) in [6.07, 6.45) is -0.807. The van der Waals surface area contributed by atoms with E-state index in [9.17, 15) is 14.4 Å². The minimum atomic E-state index is -1.48. The first kappa shape index (κ1) is 30.7. The molecular formula is C25H41NO12. The largest absolute Gasteiger partial charge is 0.467 e.